The Bertz CT molecular complexity index is 1290. The highest BCUT2D eigenvalue weighted by Crippen LogP contribution is 2.35. The third-order valence-electron chi connectivity index (χ3n) is 4.31. The quantitative estimate of drug-likeness (QED) is 0.466. The number of para-hydroxylation sites is 1. The van der Waals surface area contributed by atoms with Crippen molar-refractivity contribution in [3.05, 3.63) is 66.7 Å². The van der Waals surface area contributed by atoms with E-state index in [-0.39, 0.29) is 16.5 Å². The number of fused-ring (bicyclic) bond motifs is 1. The Morgan fingerprint density at radius 1 is 0.867 bits per heavy atom. The zero-order chi connectivity index (χ0) is 21.1. The second-order valence-corrected chi connectivity index (χ2v) is 7.85. The van der Waals surface area contributed by atoms with Crippen LogP contribution in [0.4, 0.5) is 5.82 Å². The van der Waals surface area contributed by atoms with E-state index in [9.17, 15) is 8.42 Å². The van der Waals surface area contributed by atoms with E-state index >= 15 is 0 Å². The molecule has 0 atom stereocenters. The van der Waals surface area contributed by atoms with Crippen molar-refractivity contribution in [2.75, 3.05) is 18.9 Å². The van der Waals surface area contributed by atoms with Crippen molar-refractivity contribution >= 4 is 26.8 Å². The van der Waals surface area contributed by atoms with Crippen molar-refractivity contribution < 1.29 is 27.2 Å². The van der Waals surface area contributed by atoms with Crippen LogP contribution in [0.25, 0.3) is 11.0 Å². The van der Waals surface area contributed by atoms with Gasteiger partial charge >= 0.3 is 0 Å². The minimum Gasteiger partial charge on any atom is -0.496 e. The molecule has 4 aromatic rings. The Labute approximate surface area is 173 Å². The Hall–Kier alpha value is -3.72. The van der Waals surface area contributed by atoms with Gasteiger partial charge in [-0.15, -0.1) is 0 Å². The van der Waals surface area contributed by atoms with Gasteiger partial charge in [0.15, 0.2) is 11.4 Å². The van der Waals surface area contributed by atoms with Crippen molar-refractivity contribution in [2.45, 2.75) is 4.90 Å². The first-order valence-electron chi connectivity index (χ1n) is 8.88. The molecular formula is C21H18N2O6S. The predicted molar refractivity (Wildman–Crippen MR) is 111 cm³/mol. The largest absolute Gasteiger partial charge is 0.496 e. The van der Waals surface area contributed by atoms with Gasteiger partial charge < -0.3 is 18.7 Å². The van der Waals surface area contributed by atoms with Crippen LogP contribution in [0.1, 0.15) is 0 Å². The molecule has 0 spiro atoms. The van der Waals surface area contributed by atoms with Gasteiger partial charge in [-0.05, 0) is 36.4 Å². The van der Waals surface area contributed by atoms with E-state index in [0.717, 1.165) is 0 Å². The molecule has 3 aromatic carbocycles. The first kappa shape index (κ1) is 19.6. The highest BCUT2D eigenvalue weighted by molar-refractivity contribution is 7.92. The van der Waals surface area contributed by atoms with E-state index in [1.54, 1.807) is 36.4 Å². The fraction of sp³-hybridized carbons (Fsp3) is 0.0952. The zero-order valence-electron chi connectivity index (χ0n) is 16.2. The molecule has 1 N–H and O–H groups in total. The molecule has 4 rings (SSSR count). The fourth-order valence-electron chi connectivity index (χ4n) is 2.94. The molecule has 0 aliphatic heterocycles. The topological polar surface area (TPSA) is 99.9 Å². The highest BCUT2D eigenvalue weighted by Gasteiger charge is 2.25. The Morgan fingerprint density at radius 3 is 2.37 bits per heavy atom. The van der Waals surface area contributed by atoms with Gasteiger partial charge in [-0.25, -0.2) is 8.42 Å². The van der Waals surface area contributed by atoms with Crippen LogP contribution in [0.2, 0.25) is 0 Å². The molecule has 1 aromatic heterocycles. The standard InChI is InChI=1S/C21H18N2O6S/c1-26-16-12-11-15(28-14-7-4-3-5-8-14)13-19(16)30(24,25)23-21-20-17(27-2)9-6-10-18(20)29-22-21/h3-13H,1-2H3,(H,22,23). The maximum absolute atomic E-state index is 13.2. The summed E-state index contributed by atoms with van der Waals surface area (Å²) >= 11 is 0. The van der Waals surface area contributed by atoms with Crippen molar-refractivity contribution in [3.63, 3.8) is 0 Å². The summed E-state index contributed by atoms with van der Waals surface area (Å²) in [7, 11) is -1.22. The number of hydrogen-bond acceptors (Lipinski definition) is 7. The summed E-state index contributed by atoms with van der Waals surface area (Å²) in [6.07, 6.45) is 0. The summed E-state index contributed by atoms with van der Waals surface area (Å²) in [4.78, 5) is -0.107. The number of methoxy groups -OCH3 is 2. The molecule has 0 bridgehead atoms. The number of rotatable bonds is 7. The summed E-state index contributed by atoms with van der Waals surface area (Å²) in [5.74, 6) is 1.51. The summed E-state index contributed by atoms with van der Waals surface area (Å²) in [6, 6.07) is 18.6. The van der Waals surface area contributed by atoms with Crippen LogP contribution in [-0.2, 0) is 10.0 Å². The summed E-state index contributed by atoms with van der Waals surface area (Å²) in [5.41, 5.74) is 0.389. The molecule has 9 heteroatoms. The van der Waals surface area contributed by atoms with Gasteiger partial charge in [0.1, 0.15) is 33.3 Å². The molecule has 0 saturated heterocycles. The highest BCUT2D eigenvalue weighted by atomic mass is 32.2. The second kappa shape index (κ2) is 7.96. The van der Waals surface area contributed by atoms with Gasteiger partial charge in [0, 0.05) is 6.07 Å². The van der Waals surface area contributed by atoms with Crippen LogP contribution >= 0.6 is 0 Å². The third-order valence-corrected chi connectivity index (χ3v) is 5.67. The molecule has 0 fully saturated rings. The second-order valence-electron chi connectivity index (χ2n) is 6.20. The molecular weight excluding hydrogens is 408 g/mol. The lowest BCUT2D eigenvalue weighted by Crippen LogP contribution is -2.14. The van der Waals surface area contributed by atoms with Gasteiger partial charge in [0.25, 0.3) is 10.0 Å². The first-order chi connectivity index (χ1) is 14.5. The van der Waals surface area contributed by atoms with Gasteiger partial charge in [-0.3, -0.25) is 4.72 Å². The average molecular weight is 426 g/mol. The number of benzene rings is 3. The number of hydrogen-bond donors (Lipinski definition) is 1. The third kappa shape index (κ3) is 3.74. The molecule has 30 heavy (non-hydrogen) atoms. The number of anilines is 1. The van der Waals surface area contributed by atoms with Crippen LogP contribution in [0.15, 0.2) is 76.1 Å². The molecule has 0 aliphatic rings. The van der Waals surface area contributed by atoms with Crippen molar-refractivity contribution in [1.82, 2.24) is 5.16 Å². The predicted octanol–water partition coefficient (Wildman–Crippen LogP) is 4.44. The summed E-state index contributed by atoms with van der Waals surface area (Å²) in [6.45, 7) is 0. The smallest absolute Gasteiger partial charge is 0.266 e. The Balaban J connectivity index is 1.72. The lowest BCUT2D eigenvalue weighted by atomic mass is 10.2. The van der Waals surface area contributed by atoms with E-state index < -0.39 is 10.0 Å². The summed E-state index contributed by atoms with van der Waals surface area (Å²) in [5, 5.41) is 4.26. The number of aromatic nitrogens is 1. The molecule has 0 radical (unpaired) electrons. The number of ether oxygens (including phenoxy) is 3. The van der Waals surface area contributed by atoms with E-state index in [2.05, 4.69) is 9.88 Å². The zero-order valence-corrected chi connectivity index (χ0v) is 17.0. The van der Waals surface area contributed by atoms with E-state index in [4.69, 9.17) is 18.7 Å². The summed E-state index contributed by atoms with van der Waals surface area (Å²) < 4.78 is 50.3. The van der Waals surface area contributed by atoms with Crippen LogP contribution in [0.3, 0.4) is 0 Å². The number of sulfonamides is 1. The van der Waals surface area contributed by atoms with E-state index in [1.165, 1.54) is 26.4 Å². The molecule has 0 amide bonds. The van der Waals surface area contributed by atoms with Gasteiger partial charge in [-0.2, -0.15) is 0 Å². The minimum atomic E-state index is -4.09. The van der Waals surface area contributed by atoms with Crippen LogP contribution < -0.4 is 18.9 Å². The van der Waals surface area contributed by atoms with E-state index in [1.807, 2.05) is 18.2 Å². The first-order valence-corrected chi connectivity index (χ1v) is 10.4. The lowest BCUT2D eigenvalue weighted by molar-refractivity contribution is 0.400. The number of nitrogens with one attached hydrogen (secondary N) is 1. The maximum Gasteiger partial charge on any atom is 0.266 e. The lowest BCUT2D eigenvalue weighted by Gasteiger charge is -2.13. The van der Waals surface area contributed by atoms with Gasteiger partial charge in [0.2, 0.25) is 0 Å². The average Bonchev–Trinajstić information content (AvgIpc) is 3.17. The fourth-order valence-corrected chi connectivity index (χ4v) is 4.13. The Morgan fingerprint density at radius 2 is 1.63 bits per heavy atom. The van der Waals surface area contributed by atoms with Gasteiger partial charge in [-0.1, -0.05) is 29.4 Å². The number of nitrogens with zero attached hydrogens (tertiary/aromatic N) is 1. The van der Waals surface area contributed by atoms with Crippen molar-refractivity contribution in [1.29, 1.82) is 0 Å². The van der Waals surface area contributed by atoms with Crippen molar-refractivity contribution in [3.8, 4) is 23.0 Å². The monoisotopic (exact) mass is 426 g/mol. The van der Waals surface area contributed by atoms with Crippen LogP contribution in [0, 0.1) is 0 Å². The molecule has 0 unspecified atom stereocenters. The van der Waals surface area contributed by atoms with E-state index in [0.29, 0.717) is 28.2 Å². The SMILES string of the molecule is COc1ccc(Oc2ccccc2)cc1S(=O)(=O)Nc1noc2cccc(OC)c12. The minimum absolute atomic E-state index is 0.0129. The molecule has 0 aliphatic carbocycles. The van der Waals surface area contributed by atoms with Crippen molar-refractivity contribution in [2.24, 2.45) is 0 Å². The maximum atomic E-state index is 13.2. The molecule has 154 valence electrons. The molecule has 0 saturated carbocycles. The Kier molecular flexibility index (Phi) is 5.20. The van der Waals surface area contributed by atoms with Crippen LogP contribution in [0.5, 0.6) is 23.0 Å². The van der Waals surface area contributed by atoms with Crippen LogP contribution in [-0.4, -0.2) is 27.8 Å². The molecule has 8 nitrogen and oxygen atoms in total. The van der Waals surface area contributed by atoms with Gasteiger partial charge in [0.05, 0.1) is 14.2 Å². The normalized spacial score (nSPS) is 11.3. The molecule has 1 heterocycles.